The van der Waals surface area contributed by atoms with E-state index in [1.807, 2.05) is 23.4 Å². The molecule has 21 heavy (non-hydrogen) atoms. The highest BCUT2D eigenvalue weighted by Gasteiger charge is 2.23. The maximum absolute atomic E-state index is 8.84. The van der Waals surface area contributed by atoms with Crippen molar-refractivity contribution in [3.05, 3.63) is 30.2 Å². The van der Waals surface area contributed by atoms with Crippen LogP contribution < -0.4 is 15.6 Å². The summed E-state index contributed by atoms with van der Waals surface area (Å²) in [4.78, 5) is 4.32. The third-order valence-electron chi connectivity index (χ3n) is 3.82. The monoisotopic (exact) mass is 285 g/mol. The molecule has 6 heteroatoms. The zero-order valence-corrected chi connectivity index (χ0v) is 11.9. The topological polar surface area (TPSA) is 78.4 Å². The molecule has 0 unspecified atom stereocenters. The molecular formula is C15H19N5O. The van der Waals surface area contributed by atoms with Crippen molar-refractivity contribution in [3.63, 3.8) is 0 Å². The lowest BCUT2D eigenvalue weighted by atomic mass is 10.2. The van der Waals surface area contributed by atoms with Crippen LogP contribution >= 0.6 is 0 Å². The predicted molar refractivity (Wildman–Crippen MR) is 79.0 cm³/mol. The van der Waals surface area contributed by atoms with Crippen molar-refractivity contribution in [2.75, 3.05) is 11.6 Å². The molecule has 3 rings (SSSR count). The fourth-order valence-corrected chi connectivity index (χ4v) is 2.75. The Morgan fingerprint density at radius 2 is 2.24 bits per heavy atom. The standard InChI is InChI=1S/C15H19N5O/c16-7-6-12-10-15(21-13-4-1-2-5-13)14(11-18-12)19-8-3-9-20(19)17/h3,8,10-11,13H,1-2,4-6,9,17H2. The quantitative estimate of drug-likeness (QED) is 0.851. The third-order valence-corrected chi connectivity index (χ3v) is 3.82. The first-order valence-electron chi connectivity index (χ1n) is 7.28. The molecule has 1 aromatic heterocycles. The molecule has 1 aromatic rings. The van der Waals surface area contributed by atoms with Gasteiger partial charge in [0.15, 0.2) is 0 Å². The summed E-state index contributed by atoms with van der Waals surface area (Å²) in [6.45, 7) is 0.656. The normalized spacial score (nSPS) is 19.1. The molecule has 110 valence electrons. The average Bonchev–Trinajstić information content (AvgIpc) is 3.12. The van der Waals surface area contributed by atoms with Crippen LogP contribution in [0.1, 0.15) is 31.4 Å². The Hall–Kier alpha value is -2.10. The van der Waals surface area contributed by atoms with Gasteiger partial charge < -0.3 is 4.74 Å². The lowest BCUT2D eigenvalue weighted by molar-refractivity contribution is 0.208. The largest absolute Gasteiger partial charge is 0.488 e. The summed E-state index contributed by atoms with van der Waals surface area (Å²) in [6.07, 6.45) is 10.7. The highest BCUT2D eigenvalue weighted by atomic mass is 16.5. The third kappa shape index (κ3) is 2.99. The van der Waals surface area contributed by atoms with Crippen LogP contribution in [0.15, 0.2) is 24.5 Å². The molecular weight excluding hydrogens is 266 g/mol. The van der Waals surface area contributed by atoms with E-state index in [0.717, 1.165) is 30.0 Å². The lowest BCUT2D eigenvalue weighted by Crippen LogP contribution is -2.41. The van der Waals surface area contributed by atoms with Crippen molar-refractivity contribution in [3.8, 4) is 11.8 Å². The van der Waals surface area contributed by atoms with E-state index < -0.39 is 0 Å². The van der Waals surface area contributed by atoms with Crippen molar-refractivity contribution >= 4 is 5.69 Å². The van der Waals surface area contributed by atoms with Gasteiger partial charge in [0.05, 0.1) is 37.0 Å². The molecule has 0 amide bonds. The van der Waals surface area contributed by atoms with Crippen LogP contribution in [-0.4, -0.2) is 22.8 Å². The Bertz CT molecular complexity index is 574. The van der Waals surface area contributed by atoms with Gasteiger partial charge in [-0.05, 0) is 31.8 Å². The van der Waals surface area contributed by atoms with Gasteiger partial charge in [0.2, 0.25) is 0 Å². The van der Waals surface area contributed by atoms with Crippen LogP contribution in [0.4, 0.5) is 5.69 Å². The first kappa shape index (κ1) is 13.9. The molecule has 2 N–H and O–H groups in total. The molecule has 0 radical (unpaired) electrons. The summed E-state index contributed by atoms with van der Waals surface area (Å²) < 4.78 is 6.15. The number of aromatic nitrogens is 1. The summed E-state index contributed by atoms with van der Waals surface area (Å²) >= 11 is 0. The number of hydrogen-bond acceptors (Lipinski definition) is 6. The molecule has 2 heterocycles. The van der Waals surface area contributed by atoms with Gasteiger partial charge in [0.25, 0.3) is 0 Å². The number of hydrogen-bond donors (Lipinski definition) is 1. The van der Waals surface area contributed by atoms with Gasteiger partial charge in [-0.2, -0.15) is 10.4 Å². The van der Waals surface area contributed by atoms with Crippen LogP contribution in [0.2, 0.25) is 0 Å². The van der Waals surface area contributed by atoms with Gasteiger partial charge >= 0.3 is 0 Å². The molecule has 0 bridgehead atoms. The fourth-order valence-electron chi connectivity index (χ4n) is 2.75. The minimum atomic E-state index is 0.249. The molecule has 6 nitrogen and oxygen atoms in total. The van der Waals surface area contributed by atoms with Gasteiger partial charge in [-0.3, -0.25) is 9.99 Å². The maximum atomic E-state index is 8.84. The van der Waals surface area contributed by atoms with E-state index in [-0.39, 0.29) is 12.5 Å². The van der Waals surface area contributed by atoms with Crippen LogP contribution in [0.25, 0.3) is 0 Å². The zero-order chi connectivity index (χ0) is 14.7. The molecule has 0 saturated heterocycles. The lowest BCUT2D eigenvalue weighted by Gasteiger charge is -2.27. The second-order valence-electron chi connectivity index (χ2n) is 5.35. The van der Waals surface area contributed by atoms with Crippen molar-refractivity contribution in [1.29, 1.82) is 5.26 Å². The molecule has 1 aliphatic carbocycles. The maximum Gasteiger partial charge on any atom is 0.148 e. The number of nitrogens with two attached hydrogens (primary N) is 1. The zero-order valence-electron chi connectivity index (χ0n) is 11.9. The number of rotatable bonds is 4. The number of pyridine rings is 1. The second-order valence-corrected chi connectivity index (χ2v) is 5.35. The number of hydrazine groups is 2. The number of ether oxygens (including phenoxy) is 1. The van der Waals surface area contributed by atoms with Crippen LogP contribution in [0.3, 0.4) is 0 Å². The van der Waals surface area contributed by atoms with Crippen LogP contribution in [0.5, 0.6) is 5.75 Å². The number of nitrogens with zero attached hydrogens (tertiary/aromatic N) is 4. The minimum absolute atomic E-state index is 0.249. The summed E-state index contributed by atoms with van der Waals surface area (Å²) in [7, 11) is 0. The van der Waals surface area contributed by atoms with Gasteiger partial charge in [-0.15, -0.1) is 0 Å². The summed E-state index contributed by atoms with van der Waals surface area (Å²) in [6, 6.07) is 3.98. The minimum Gasteiger partial charge on any atom is -0.488 e. The van der Waals surface area contributed by atoms with Crippen molar-refractivity contribution < 1.29 is 4.74 Å². The Morgan fingerprint density at radius 1 is 1.43 bits per heavy atom. The van der Waals surface area contributed by atoms with E-state index >= 15 is 0 Å². The molecule has 1 aliphatic heterocycles. The molecule has 0 aromatic carbocycles. The van der Waals surface area contributed by atoms with Gasteiger partial charge in [-0.25, -0.2) is 5.84 Å². The highest BCUT2D eigenvalue weighted by Crippen LogP contribution is 2.34. The van der Waals surface area contributed by atoms with E-state index in [1.54, 1.807) is 11.3 Å². The van der Waals surface area contributed by atoms with Crippen molar-refractivity contribution in [1.82, 2.24) is 10.1 Å². The summed E-state index contributed by atoms with van der Waals surface area (Å²) in [5.74, 6) is 6.70. The van der Waals surface area contributed by atoms with Gasteiger partial charge in [0, 0.05) is 12.3 Å². The van der Waals surface area contributed by atoms with E-state index in [0.29, 0.717) is 6.54 Å². The first-order valence-corrected chi connectivity index (χ1v) is 7.28. The predicted octanol–water partition coefficient (Wildman–Crippen LogP) is 1.89. The summed E-state index contributed by atoms with van der Waals surface area (Å²) in [5, 5.41) is 12.3. The van der Waals surface area contributed by atoms with E-state index in [1.165, 1.54) is 12.8 Å². The van der Waals surface area contributed by atoms with Gasteiger partial charge in [0.1, 0.15) is 11.4 Å². The Balaban J connectivity index is 1.89. The number of nitriles is 1. The van der Waals surface area contributed by atoms with E-state index in [2.05, 4.69) is 11.1 Å². The molecule has 1 saturated carbocycles. The molecule has 2 aliphatic rings. The van der Waals surface area contributed by atoms with Crippen molar-refractivity contribution in [2.24, 2.45) is 5.84 Å². The molecule has 1 fully saturated rings. The summed E-state index contributed by atoms with van der Waals surface area (Å²) in [5.41, 5.74) is 1.54. The fraction of sp³-hybridized carbons (Fsp3) is 0.467. The van der Waals surface area contributed by atoms with Crippen molar-refractivity contribution in [2.45, 2.75) is 38.2 Å². The smallest absolute Gasteiger partial charge is 0.148 e. The van der Waals surface area contributed by atoms with Gasteiger partial charge in [-0.1, -0.05) is 0 Å². The Labute approximate surface area is 124 Å². The Morgan fingerprint density at radius 3 is 2.90 bits per heavy atom. The van der Waals surface area contributed by atoms with E-state index in [9.17, 15) is 0 Å². The highest BCUT2D eigenvalue weighted by molar-refractivity contribution is 5.59. The van der Waals surface area contributed by atoms with Crippen LogP contribution in [-0.2, 0) is 6.42 Å². The SMILES string of the molecule is N#CCc1cc(OC2CCCC2)c(N2C=CCN2N)cn1. The number of anilines is 1. The van der Waals surface area contributed by atoms with Crippen LogP contribution in [0, 0.1) is 11.3 Å². The average molecular weight is 285 g/mol. The molecule has 0 atom stereocenters. The van der Waals surface area contributed by atoms with E-state index in [4.69, 9.17) is 15.8 Å². The Kier molecular flexibility index (Phi) is 4.04. The first-order chi connectivity index (χ1) is 10.3. The molecule has 0 spiro atoms. The second kappa shape index (κ2) is 6.12.